The Hall–Kier alpha value is -0.580. The molecule has 1 fully saturated rings. The standard InChI is InChI=1S/C13H22ClN3O/c1-10-13(14)12(16(2)15-10)8-17-7-5-3-4-6-11(17)9-18/h11,18H,3-9H2,1-2H3. The quantitative estimate of drug-likeness (QED) is 0.916. The minimum absolute atomic E-state index is 0.231. The monoisotopic (exact) mass is 271 g/mol. The highest BCUT2D eigenvalue weighted by molar-refractivity contribution is 6.31. The third-order valence-corrected chi connectivity index (χ3v) is 4.32. The first-order valence-corrected chi connectivity index (χ1v) is 7.04. The van der Waals surface area contributed by atoms with E-state index in [1.807, 2.05) is 18.7 Å². The summed E-state index contributed by atoms with van der Waals surface area (Å²) in [5.74, 6) is 0. The zero-order valence-corrected chi connectivity index (χ0v) is 11.9. The smallest absolute Gasteiger partial charge is 0.0860 e. The zero-order chi connectivity index (χ0) is 13.1. The predicted molar refractivity (Wildman–Crippen MR) is 72.7 cm³/mol. The summed E-state index contributed by atoms with van der Waals surface area (Å²) < 4.78 is 1.86. The van der Waals surface area contributed by atoms with Crippen LogP contribution in [-0.2, 0) is 13.6 Å². The van der Waals surface area contributed by atoms with Gasteiger partial charge < -0.3 is 5.11 Å². The minimum Gasteiger partial charge on any atom is -0.395 e. The van der Waals surface area contributed by atoms with E-state index in [4.69, 9.17) is 11.6 Å². The summed E-state index contributed by atoms with van der Waals surface area (Å²) in [7, 11) is 1.93. The van der Waals surface area contributed by atoms with Gasteiger partial charge in [-0.3, -0.25) is 9.58 Å². The van der Waals surface area contributed by atoms with Crippen molar-refractivity contribution in [1.82, 2.24) is 14.7 Å². The second-order valence-electron chi connectivity index (χ2n) is 5.13. The molecule has 102 valence electrons. The van der Waals surface area contributed by atoms with Crippen molar-refractivity contribution >= 4 is 11.6 Å². The molecule has 1 aliphatic heterocycles. The van der Waals surface area contributed by atoms with Gasteiger partial charge in [0, 0.05) is 19.6 Å². The summed E-state index contributed by atoms with van der Waals surface area (Å²) >= 11 is 6.29. The van der Waals surface area contributed by atoms with E-state index in [0.717, 1.165) is 35.9 Å². The average Bonchev–Trinajstić information content (AvgIpc) is 2.56. The molecule has 4 nitrogen and oxygen atoms in total. The van der Waals surface area contributed by atoms with E-state index in [-0.39, 0.29) is 12.6 Å². The summed E-state index contributed by atoms with van der Waals surface area (Å²) in [5, 5.41) is 14.6. The minimum atomic E-state index is 0.231. The predicted octanol–water partition coefficient (Wildman–Crippen LogP) is 2.12. The molecule has 5 heteroatoms. The largest absolute Gasteiger partial charge is 0.395 e. The van der Waals surface area contributed by atoms with Crippen molar-refractivity contribution in [1.29, 1.82) is 0 Å². The molecule has 0 aliphatic carbocycles. The third kappa shape index (κ3) is 2.87. The molecule has 1 atom stereocenters. The van der Waals surface area contributed by atoms with Crippen molar-refractivity contribution in [2.24, 2.45) is 7.05 Å². The van der Waals surface area contributed by atoms with Crippen molar-refractivity contribution in [2.75, 3.05) is 13.2 Å². The molecular weight excluding hydrogens is 250 g/mol. The number of halogens is 1. The molecule has 0 amide bonds. The lowest BCUT2D eigenvalue weighted by molar-refractivity contribution is 0.116. The van der Waals surface area contributed by atoms with Crippen LogP contribution in [0.25, 0.3) is 0 Å². The first-order valence-electron chi connectivity index (χ1n) is 6.66. The molecule has 0 bridgehead atoms. The topological polar surface area (TPSA) is 41.3 Å². The first-order chi connectivity index (χ1) is 8.63. The van der Waals surface area contributed by atoms with Crippen LogP contribution in [-0.4, -0.2) is 39.0 Å². The van der Waals surface area contributed by atoms with E-state index < -0.39 is 0 Å². The van der Waals surface area contributed by atoms with Gasteiger partial charge in [-0.15, -0.1) is 0 Å². The average molecular weight is 272 g/mol. The maximum Gasteiger partial charge on any atom is 0.0860 e. The van der Waals surface area contributed by atoms with Gasteiger partial charge in [-0.1, -0.05) is 24.4 Å². The number of hydrogen-bond donors (Lipinski definition) is 1. The van der Waals surface area contributed by atoms with Gasteiger partial charge in [0.1, 0.15) is 0 Å². The van der Waals surface area contributed by atoms with Crippen LogP contribution in [0, 0.1) is 6.92 Å². The van der Waals surface area contributed by atoms with Crippen LogP contribution >= 0.6 is 11.6 Å². The van der Waals surface area contributed by atoms with Gasteiger partial charge in [0.05, 0.1) is 23.0 Å². The lowest BCUT2D eigenvalue weighted by Crippen LogP contribution is -2.37. The van der Waals surface area contributed by atoms with Gasteiger partial charge in [0.25, 0.3) is 0 Å². The Morgan fingerprint density at radius 2 is 2.17 bits per heavy atom. The Bertz CT molecular complexity index is 405. The van der Waals surface area contributed by atoms with E-state index in [0.29, 0.717) is 0 Å². The molecule has 1 aromatic heterocycles. The molecule has 1 saturated heterocycles. The van der Waals surface area contributed by atoms with Gasteiger partial charge in [0.15, 0.2) is 0 Å². The van der Waals surface area contributed by atoms with Gasteiger partial charge >= 0.3 is 0 Å². The fraction of sp³-hybridized carbons (Fsp3) is 0.769. The Kier molecular flexibility index (Phi) is 4.65. The van der Waals surface area contributed by atoms with Crippen LogP contribution in [0.2, 0.25) is 5.02 Å². The molecule has 1 N–H and O–H groups in total. The molecule has 18 heavy (non-hydrogen) atoms. The van der Waals surface area contributed by atoms with Gasteiger partial charge in [-0.2, -0.15) is 5.10 Å². The number of aryl methyl sites for hydroxylation is 2. The second kappa shape index (κ2) is 6.04. The van der Waals surface area contributed by atoms with Gasteiger partial charge in [0.2, 0.25) is 0 Å². The molecular formula is C13H22ClN3O. The lowest BCUT2D eigenvalue weighted by Gasteiger charge is -2.28. The number of likely N-dealkylation sites (tertiary alicyclic amines) is 1. The summed E-state index contributed by atoms with van der Waals surface area (Å²) in [5.41, 5.74) is 1.93. The van der Waals surface area contributed by atoms with Crippen molar-refractivity contribution in [2.45, 2.75) is 45.2 Å². The van der Waals surface area contributed by atoms with Crippen molar-refractivity contribution in [3.05, 3.63) is 16.4 Å². The van der Waals surface area contributed by atoms with E-state index in [2.05, 4.69) is 10.00 Å². The molecule has 1 unspecified atom stereocenters. The fourth-order valence-corrected chi connectivity index (χ4v) is 2.92. The van der Waals surface area contributed by atoms with Crippen molar-refractivity contribution in [3.8, 4) is 0 Å². The maximum atomic E-state index is 9.51. The fourth-order valence-electron chi connectivity index (χ4n) is 2.70. The molecule has 2 rings (SSSR count). The second-order valence-corrected chi connectivity index (χ2v) is 5.50. The molecule has 0 aromatic carbocycles. The lowest BCUT2D eigenvalue weighted by atomic mass is 10.1. The molecule has 2 heterocycles. The van der Waals surface area contributed by atoms with Crippen LogP contribution in [0.3, 0.4) is 0 Å². The van der Waals surface area contributed by atoms with Gasteiger partial charge in [-0.05, 0) is 26.3 Å². The van der Waals surface area contributed by atoms with Crippen LogP contribution in [0.15, 0.2) is 0 Å². The van der Waals surface area contributed by atoms with E-state index in [1.54, 1.807) is 0 Å². The highest BCUT2D eigenvalue weighted by Gasteiger charge is 2.23. The van der Waals surface area contributed by atoms with Gasteiger partial charge in [-0.25, -0.2) is 0 Å². The Morgan fingerprint density at radius 3 is 2.78 bits per heavy atom. The number of hydrogen-bond acceptors (Lipinski definition) is 3. The highest BCUT2D eigenvalue weighted by Crippen LogP contribution is 2.24. The molecule has 0 spiro atoms. The van der Waals surface area contributed by atoms with Crippen LogP contribution < -0.4 is 0 Å². The summed E-state index contributed by atoms with van der Waals surface area (Å²) in [6, 6.07) is 0.263. The van der Waals surface area contributed by atoms with Crippen molar-refractivity contribution in [3.63, 3.8) is 0 Å². The van der Waals surface area contributed by atoms with E-state index in [9.17, 15) is 5.11 Å². The molecule has 0 saturated carbocycles. The number of nitrogens with zero attached hydrogens (tertiary/aromatic N) is 3. The van der Waals surface area contributed by atoms with Crippen molar-refractivity contribution < 1.29 is 5.11 Å². The highest BCUT2D eigenvalue weighted by atomic mass is 35.5. The SMILES string of the molecule is Cc1nn(C)c(CN2CCCCCC2CO)c1Cl. The van der Waals surface area contributed by atoms with E-state index in [1.165, 1.54) is 19.3 Å². The number of rotatable bonds is 3. The zero-order valence-electron chi connectivity index (χ0n) is 11.2. The maximum absolute atomic E-state index is 9.51. The summed E-state index contributed by atoms with van der Waals surface area (Å²) in [6.07, 6.45) is 4.74. The Balaban J connectivity index is 2.15. The number of aromatic nitrogens is 2. The van der Waals surface area contributed by atoms with Crippen LogP contribution in [0.5, 0.6) is 0 Å². The first kappa shape index (κ1) is 13.8. The Labute approximate surface area is 114 Å². The molecule has 1 aliphatic rings. The van der Waals surface area contributed by atoms with E-state index >= 15 is 0 Å². The molecule has 0 radical (unpaired) electrons. The molecule has 1 aromatic rings. The third-order valence-electron chi connectivity index (χ3n) is 3.82. The van der Waals surface area contributed by atoms with Crippen LogP contribution in [0.4, 0.5) is 0 Å². The normalized spacial score (nSPS) is 22.1. The summed E-state index contributed by atoms with van der Waals surface area (Å²) in [6.45, 7) is 3.97. The number of aliphatic hydroxyl groups excluding tert-OH is 1. The summed E-state index contributed by atoms with van der Waals surface area (Å²) in [4.78, 5) is 2.34. The van der Waals surface area contributed by atoms with Crippen LogP contribution in [0.1, 0.15) is 37.1 Å². The Morgan fingerprint density at radius 1 is 1.39 bits per heavy atom. The number of aliphatic hydroxyl groups is 1.